The zero-order valence-corrected chi connectivity index (χ0v) is 13.5. The van der Waals surface area contributed by atoms with Crippen LogP contribution in [0.3, 0.4) is 0 Å². The Morgan fingerprint density at radius 3 is 2.15 bits per heavy atom. The monoisotopic (exact) mass is 294 g/mol. The Kier molecular flexibility index (Phi) is 5.48. The van der Waals surface area contributed by atoms with Gasteiger partial charge >= 0.3 is 0 Å². The van der Waals surface area contributed by atoms with Crippen LogP contribution in [0.15, 0.2) is 24.3 Å². The summed E-state index contributed by atoms with van der Waals surface area (Å²) in [6.45, 7) is 0. The quantitative estimate of drug-likeness (QED) is 0.854. The van der Waals surface area contributed by atoms with Crippen molar-refractivity contribution in [2.75, 3.05) is 14.1 Å². The highest BCUT2D eigenvalue weighted by atomic mass is 35.5. The van der Waals surface area contributed by atoms with E-state index in [4.69, 9.17) is 17.3 Å². The van der Waals surface area contributed by atoms with E-state index in [0.717, 1.165) is 11.4 Å². The van der Waals surface area contributed by atoms with Gasteiger partial charge in [-0.05, 0) is 51.1 Å². The lowest BCUT2D eigenvalue weighted by Gasteiger charge is -2.44. The third kappa shape index (κ3) is 3.55. The lowest BCUT2D eigenvalue weighted by atomic mass is 9.79. The Balaban J connectivity index is 2.13. The van der Waals surface area contributed by atoms with Crippen LogP contribution in [-0.2, 0) is 6.42 Å². The Morgan fingerprint density at radius 1 is 1.10 bits per heavy atom. The number of rotatable bonds is 4. The summed E-state index contributed by atoms with van der Waals surface area (Å²) < 4.78 is 0. The molecule has 0 aromatic heterocycles. The summed E-state index contributed by atoms with van der Waals surface area (Å²) in [6, 6.07) is 8.29. The summed E-state index contributed by atoms with van der Waals surface area (Å²) in [4.78, 5) is 2.37. The standard InChI is InChI=1S/C17H27ClN2/c1-20(2)17(11-5-3-4-6-12-17)16(19)13-14-7-9-15(18)10-8-14/h7-10,16H,3-6,11-13,19H2,1-2H3. The normalized spacial score (nSPS) is 20.6. The first-order valence-corrected chi connectivity index (χ1v) is 8.10. The molecule has 0 saturated heterocycles. The molecule has 1 aliphatic carbocycles. The van der Waals surface area contributed by atoms with Gasteiger partial charge in [0.25, 0.3) is 0 Å². The number of nitrogens with two attached hydrogens (primary N) is 1. The van der Waals surface area contributed by atoms with Crippen molar-refractivity contribution >= 4 is 11.6 Å². The first kappa shape index (κ1) is 15.8. The first-order valence-electron chi connectivity index (χ1n) is 7.72. The predicted octanol–water partition coefficient (Wildman–Crippen LogP) is 3.86. The molecule has 1 fully saturated rings. The third-order valence-electron chi connectivity index (χ3n) is 4.92. The Morgan fingerprint density at radius 2 is 1.65 bits per heavy atom. The van der Waals surface area contributed by atoms with Crippen LogP contribution >= 0.6 is 11.6 Å². The number of nitrogens with zero attached hydrogens (tertiary/aromatic N) is 1. The maximum atomic E-state index is 6.65. The second kappa shape index (κ2) is 6.93. The molecule has 112 valence electrons. The van der Waals surface area contributed by atoms with Crippen LogP contribution in [0.1, 0.15) is 44.1 Å². The van der Waals surface area contributed by atoms with Gasteiger partial charge in [-0.15, -0.1) is 0 Å². The molecular weight excluding hydrogens is 268 g/mol. The Bertz CT molecular complexity index is 406. The molecule has 2 nitrogen and oxygen atoms in total. The van der Waals surface area contributed by atoms with Crippen LogP contribution in [0, 0.1) is 0 Å². The molecule has 1 saturated carbocycles. The predicted molar refractivity (Wildman–Crippen MR) is 87.3 cm³/mol. The molecule has 0 aliphatic heterocycles. The summed E-state index contributed by atoms with van der Waals surface area (Å²) in [5.74, 6) is 0. The van der Waals surface area contributed by atoms with E-state index >= 15 is 0 Å². The van der Waals surface area contributed by atoms with Crippen molar-refractivity contribution in [2.45, 2.75) is 56.5 Å². The van der Waals surface area contributed by atoms with Gasteiger partial charge in [-0.3, -0.25) is 0 Å². The van der Waals surface area contributed by atoms with Crippen LogP contribution in [0.25, 0.3) is 0 Å². The molecule has 1 unspecified atom stereocenters. The maximum absolute atomic E-state index is 6.65. The van der Waals surface area contributed by atoms with E-state index in [-0.39, 0.29) is 11.6 Å². The molecule has 1 atom stereocenters. The minimum Gasteiger partial charge on any atom is -0.326 e. The van der Waals surface area contributed by atoms with Crippen molar-refractivity contribution in [1.82, 2.24) is 4.90 Å². The second-order valence-electron chi connectivity index (χ2n) is 6.35. The van der Waals surface area contributed by atoms with E-state index in [1.54, 1.807) is 0 Å². The third-order valence-corrected chi connectivity index (χ3v) is 5.17. The molecule has 1 aliphatic rings. The average Bonchev–Trinajstić information content (AvgIpc) is 2.68. The molecule has 3 heteroatoms. The summed E-state index contributed by atoms with van der Waals surface area (Å²) in [6.07, 6.45) is 8.66. The number of halogens is 1. The lowest BCUT2D eigenvalue weighted by molar-refractivity contribution is 0.0968. The van der Waals surface area contributed by atoms with Crippen molar-refractivity contribution in [3.8, 4) is 0 Å². The largest absolute Gasteiger partial charge is 0.326 e. The van der Waals surface area contributed by atoms with Crippen LogP contribution < -0.4 is 5.73 Å². The van der Waals surface area contributed by atoms with E-state index in [2.05, 4.69) is 31.1 Å². The zero-order valence-electron chi connectivity index (χ0n) is 12.7. The van der Waals surface area contributed by atoms with Crippen molar-refractivity contribution < 1.29 is 0 Å². The van der Waals surface area contributed by atoms with Crippen LogP contribution in [-0.4, -0.2) is 30.6 Å². The van der Waals surface area contributed by atoms with Gasteiger partial charge in [-0.2, -0.15) is 0 Å². The first-order chi connectivity index (χ1) is 9.54. The molecule has 1 aromatic rings. The molecule has 2 N–H and O–H groups in total. The smallest absolute Gasteiger partial charge is 0.0406 e. The zero-order chi connectivity index (χ0) is 14.6. The van der Waals surface area contributed by atoms with Gasteiger partial charge in [0.05, 0.1) is 0 Å². The van der Waals surface area contributed by atoms with Gasteiger partial charge in [-0.25, -0.2) is 0 Å². The molecular formula is C17H27ClN2. The fraction of sp³-hybridized carbons (Fsp3) is 0.647. The van der Waals surface area contributed by atoms with E-state index in [1.807, 2.05) is 12.1 Å². The summed E-state index contributed by atoms with van der Waals surface area (Å²) in [5, 5.41) is 0.791. The number of hydrogen-bond donors (Lipinski definition) is 1. The highest BCUT2D eigenvalue weighted by Crippen LogP contribution is 2.34. The fourth-order valence-corrected chi connectivity index (χ4v) is 3.68. The molecule has 20 heavy (non-hydrogen) atoms. The molecule has 1 aromatic carbocycles. The van der Waals surface area contributed by atoms with Gasteiger partial charge in [0, 0.05) is 16.6 Å². The summed E-state index contributed by atoms with van der Waals surface area (Å²) in [5.41, 5.74) is 8.08. The molecule has 2 rings (SSSR count). The van der Waals surface area contributed by atoms with Crippen molar-refractivity contribution in [1.29, 1.82) is 0 Å². The highest BCUT2D eigenvalue weighted by Gasteiger charge is 2.38. The summed E-state index contributed by atoms with van der Waals surface area (Å²) in [7, 11) is 4.38. The van der Waals surface area contributed by atoms with E-state index in [9.17, 15) is 0 Å². The second-order valence-corrected chi connectivity index (χ2v) is 6.79. The maximum Gasteiger partial charge on any atom is 0.0406 e. The van der Waals surface area contributed by atoms with Crippen molar-refractivity contribution in [3.05, 3.63) is 34.9 Å². The highest BCUT2D eigenvalue weighted by molar-refractivity contribution is 6.30. The van der Waals surface area contributed by atoms with Crippen LogP contribution in [0.2, 0.25) is 5.02 Å². The van der Waals surface area contributed by atoms with Gasteiger partial charge in [0.2, 0.25) is 0 Å². The van der Waals surface area contributed by atoms with E-state index < -0.39 is 0 Å². The Hall–Kier alpha value is -0.570. The van der Waals surface area contributed by atoms with Gasteiger partial charge in [0.15, 0.2) is 0 Å². The van der Waals surface area contributed by atoms with Gasteiger partial charge < -0.3 is 10.6 Å². The molecule has 0 heterocycles. The van der Waals surface area contributed by atoms with Gasteiger partial charge in [0.1, 0.15) is 0 Å². The topological polar surface area (TPSA) is 29.3 Å². The fourth-order valence-electron chi connectivity index (χ4n) is 3.55. The minimum absolute atomic E-state index is 0.149. The average molecular weight is 295 g/mol. The van der Waals surface area contributed by atoms with E-state index in [0.29, 0.717) is 0 Å². The molecule has 0 bridgehead atoms. The van der Waals surface area contributed by atoms with Crippen LogP contribution in [0.5, 0.6) is 0 Å². The SMILES string of the molecule is CN(C)C1(C(N)Cc2ccc(Cl)cc2)CCCCCC1. The summed E-state index contributed by atoms with van der Waals surface area (Å²) >= 11 is 5.96. The Labute approximate surface area is 128 Å². The molecule has 0 spiro atoms. The van der Waals surface area contributed by atoms with Crippen LogP contribution in [0.4, 0.5) is 0 Å². The van der Waals surface area contributed by atoms with E-state index in [1.165, 1.54) is 44.1 Å². The van der Waals surface area contributed by atoms with Crippen molar-refractivity contribution in [3.63, 3.8) is 0 Å². The lowest BCUT2D eigenvalue weighted by Crippen LogP contribution is -2.58. The molecule has 0 amide bonds. The number of hydrogen-bond acceptors (Lipinski definition) is 2. The minimum atomic E-state index is 0.149. The van der Waals surface area contributed by atoms with Gasteiger partial charge in [-0.1, -0.05) is 49.4 Å². The number of likely N-dealkylation sites (N-methyl/N-ethyl adjacent to an activating group) is 1. The van der Waals surface area contributed by atoms with Crippen molar-refractivity contribution in [2.24, 2.45) is 5.73 Å². The number of benzene rings is 1. The molecule has 0 radical (unpaired) electrons.